The van der Waals surface area contributed by atoms with Crippen molar-refractivity contribution in [2.75, 3.05) is 23.8 Å². The number of sulfonamides is 1. The topological polar surface area (TPSA) is 120 Å². The van der Waals surface area contributed by atoms with E-state index in [1.807, 2.05) is 0 Å². The highest BCUT2D eigenvalue weighted by atomic mass is 79.9. The summed E-state index contributed by atoms with van der Waals surface area (Å²) >= 11 is 3.32. The van der Waals surface area contributed by atoms with Gasteiger partial charge in [-0.25, -0.2) is 18.4 Å². The van der Waals surface area contributed by atoms with Gasteiger partial charge in [-0.15, -0.1) is 0 Å². The molecule has 0 radical (unpaired) electrons. The van der Waals surface area contributed by atoms with Crippen molar-refractivity contribution in [2.45, 2.75) is 4.90 Å². The van der Waals surface area contributed by atoms with Crippen LogP contribution in [0.3, 0.4) is 0 Å². The van der Waals surface area contributed by atoms with Gasteiger partial charge in [0.25, 0.3) is 21.8 Å². The second kappa shape index (κ2) is 9.55. The summed E-state index contributed by atoms with van der Waals surface area (Å²) in [4.78, 5) is 19.8. The molecule has 156 valence electrons. The largest absolute Gasteiger partial charge is 0.484 e. The van der Waals surface area contributed by atoms with Gasteiger partial charge in [0.1, 0.15) is 5.75 Å². The van der Waals surface area contributed by atoms with Crippen LogP contribution in [0.25, 0.3) is 0 Å². The summed E-state index contributed by atoms with van der Waals surface area (Å²) in [6, 6.07) is 12.7. The SMILES string of the molecule is COc1nccnc1NS(=O)(=O)c1ccc(NC(=O)COc2ccc(Br)cc2)cc1. The normalized spacial score (nSPS) is 10.9. The number of aromatic nitrogens is 2. The third-order valence-electron chi connectivity index (χ3n) is 3.72. The lowest BCUT2D eigenvalue weighted by Crippen LogP contribution is -2.20. The van der Waals surface area contributed by atoms with Crippen LogP contribution in [-0.2, 0) is 14.8 Å². The lowest BCUT2D eigenvalue weighted by atomic mass is 10.3. The van der Waals surface area contributed by atoms with Crippen molar-refractivity contribution < 1.29 is 22.7 Å². The fourth-order valence-corrected chi connectivity index (χ4v) is 3.60. The Labute approximate surface area is 181 Å². The summed E-state index contributed by atoms with van der Waals surface area (Å²) in [7, 11) is -2.55. The number of halogens is 1. The molecule has 0 fully saturated rings. The molecule has 1 amide bonds. The quantitative estimate of drug-likeness (QED) is 0.495. The van der Waals surface area contributed by atoms with Gasteiger partial charge in [-0.3, -0.25) is 9.52 Å². The summed E-state index contributed by atoms with van der Waals surface area (Å²) in [5.41, 5.74) is 0.426. The number of carbonyl (C=O) groups excluding carboxylic acids is 1. The Kier molecular flexibility index (Phi) is 6.85. The number of hydrogen-bond donors (Lipinski definition) is 2. The van der Waals surface area contributed by atoms with Crippen LogP contribution in [0.4, 0.5) is 11.5 Å². The predicted octanol–water partition coefficient (Wildman–Crippen LogP) is 3.07. The first-order valence-corrected chi connectivity index (χ1v) is 10.8. The first-order chi connectivity index (χ1) is 14.4. The van der Waals surface area contributed by atoms with Crippen LogP contribution in [0.15, 0.2) is 70.3 Å². The van der Waals surface area contributed by atoms with E-state index in [-0.39, 0.29) is 29.1 Å². The molecule has 0 atom stereocenters. The number of ether oxygens (including phenoxy) is 2. The minimum Gasteiger partial charge on any atom is -0.484 e. The van der Waals surface area contributed by atoms with E-state index < -0.39 is 10.0 Å². The lowest BCUT2D eigenvalue weighted by molar-refractivity contribution is -0.118. The van der Waals surface area contributed by atoms with Crippen LogP contribution in [0.2, 0.25) is 0 Å². The van der Waals surface area contributed by atoms with Gasteiger partial charge in [0.05, 0.1) is 12.0 Å². The molecule has 0 saturated carbocycles. The average molecular weight is 493 g/mol. The molecule has 2 N–H and O–H groups in total. The zero-order valence-electron chi connectivity index (χ0n) is 15.7. The molecule has 2 aromatic carbocycles. The Morgan fingerprint density at radius 1 is 1.03 bits per heavy atom. The minimum absolute atomic E-state index is 0.0145. The first kappa shape index (κ1) is 21.5. The molecule has 3 aromatic rings. The Morgan fingerprint density at radius 2 is 1.70 bits per heavy atom. The van der Waals surface area contributed by atoms with Crippen molar-refractivity contribution in [1.29, 1.82) is 0 Å². The fourth-order valence-electron chi connectivity index (χ4n) is 2.33. The second-order valence-corrected chi connectivity index (χ2v) is 8.43. The Bertz CT molecular complexity index is 1120. The molecular formula is C19H17BrN4O5S. The van der Waals surface area contributed by atoms with E-state index in [1.165, 1.54) is 43.8 Å². The number of hydrogen-bond acceptors (Lipinski definition) is 7. The molecular weight excluding hydrogens is 476 g/mol. The number of amides is 1. The minimum atomic E-state index is -3.91. The number of anilines is 2. The third kappa shape index (κ3) is 5.67. The van der Waals surface area contributed by atoms with Gasteiger partial charge in [0.2, 0.25) is 5.82 Å². The Hall–Kier alpha value is -3.18. The Balaban J connectivity index is 1.61. The van der Waals surface area contributed by atoms with Crippen LogP contribution >= 0.6 is 15.9 Å². The summed E-state index contributed by atoms with van der Waals surface area (Å²) in [5.74, 6) is 0.203. The van der Waals surface area contributed by atoms with E-state index in [0.717, 1.165) is 4.47 Å². The van der Waals surface area contributed by atoms with Crippen LogP contribution in [0.5, 0.6) is 11.6 Å². The van der Waals surface area contributed by atoms with Gasteiger partial charge in [0.15, 0.2) is 6.61 Å². The standard InChI is InChI=1S/C19H17BrN4O5S/c1-28-19-18(21-10-11-22-19)24-30(26,27)16-8-4-14(5-9-16)23-17(25)12-29-15-6-2-13(20)3-7-15/h2-11H,12H2,1H3,(H,21,24)(H,23,25). The van der Waals surface area contributed by atoms with Crippen molar-refractivity contribution in [3.63, 3.8) is 0 Å². The van der Waals surface area contributed by atoms with Crippen LogP contribution < -0.4 is 19.5 Å². The van der Waals surface area contributed by atoms with E-state index in [0.29, 0.717) is 11.4 Å². The summed E-state index contributed by atoms with van der Waals surface area (Å²) in [6.07, 6.45) is 2.73. The molecule has 0 bridgehead atoms. The van der Waals surface area contributed by atoms with Gasteiger partial charge in [-0.1, -0.05) is 15.9 Å². The average Bonchev–Trinajstić information content (AvgIpc) is 2.74. The maximum absolute atomic E-state index is 12.5. The molecule has 0 saturated heterocycles. The van der Waals surface area contributed by atoms with Crippen LogP contribution in [0, 0.1) is 0 Å². The molecule has 11 heteroatoms. The smallest absolute Gasteiger partial charge is 0.263 e. The maximum Gasteiger partial charge on any atom is 0.263 e. The van der Waals surface area contributed by atoms with Gasteiger partial charge in [-0.2, -0.15) is 0 Å². The van der Waals surface area contributed by atoms with Crippen molar-refractivity contribution in [3.05, 3.63) is 65.4 Å². The molecule has 0 aliphatic heterocycles. The highest BCUT2D eigenvalue weighted by Crippen LogP contribution is 2.22. The van der Waals surface area contributed by atoms with E-state index >= 15 is 0 Å². The number of carbonyl (C=O) groups is 1. The predicted molar refractivity (Wildman–Crippen MR) is 114 cm³/mol. The summed E-state index contributed by atoms with van der Waals surface area (Å²) in [5, 5.41) is 2.64. The highest BCUT2D eigenvalue weighted by Gasteiger charge is 2.18. The monoisotopic (exact) mass is 492 g/mol. The summed E-state index contributed by atoms with van der Waals surface area (Å²) < 4.78 is 38.7. The van der Waals surface area contributed by atoms with Gasteiger partial charge >= 0.3 is 0 Å². The Morgan fingerprint density at radius 3 is 2.37 bits per heavy atom. The third-order valence-corrected chi connectivity index (χ3v) is 5.60. The van der Waals surface area contributed by atoms with E-state index in [9.17, 15) is 13.2 Å². The van der Waals surface area contributed by atoms with Crippen molar-refractivity contribution in [1.82, 2.24) is 9.97 Å². The van der Waals surface area contributed by atoms with E-state index in [2.05, 4.69) is 35.9 Å². The number of rotatable bonds is 8. The van der Waals surface area contributed by atoms with Crippen molar-refractivity contribution >= 4 is 43.4 Å². The maximum atomic E-state index is 12.5. The number of methoxy groups -OCH3 is 1. The molecule has 0 unspecified atom stereocenters. The molecule has 3 rings (SSSR count). The van der Waals surface area contributed by atoms with Crippen LogP contribution in [0.1, 0.15) is 0 Å². The molecule has 1 aromatic heterocycles. The first-order valence-electron chi connectivity index (χ1n) is 8.53. The second-order valence-electron chi connectivity index (χ2n) is 5.83. The fraction of sp³-hybridized carbons (Fsp3) is 0.105. The van der Waals surface area contributed by atoms with Gasteiger partial charge in [0, 0.05) is 22.6 Å². The van der Waals surface area contributed by atoms with Gasteiger partial charge < -0.3 is 14.8 Å². The zero-order chi connectivity index (χ0) is 21.6. The van der Waals surface area contributed by atoms with E-state index in [4.69, 9.17) is 9.47 Å². The highest BCUT2D eigenvalue weighted by molar-refractivity contribution is 9.10. The molecule has 1 heterocycles. The molecule has 9 nitrogen and oxygen atoms in total. The van der Waals surface area contributed by atoms with Crippen molar-refractivity contribution in [2.24, 2.45) is 0 Å². The zero-order valence-corrected chi connectivity index (χ0v) is 18.1. The molecule has 0 spiro atoms. The van der Waals surface area contributed by atoms with Gasteiger partial charge in [-0.05, 0) is 48.5 Å². The number of benzene rings is 2. The van der Waals surface area contributed by atoms with Crippen molar-refractivity contribution in [3.8, 4) is 11.6 Å². The molecule has 30 heavy (non-hydrogen) atoms. The number of nitrogens with one attached hydrogen (secondary N) is 2. The lowest BCUT2D eigenvalue weighted by Gasteiger charge is -2.11. The number of nitrogens with zero attached hydrogens (tertiary/aromatic N) is 2. The molecule has 0 aliphatic rings. The summed E-state index contributed by atoms with van der Waals surface area (Å²) in [6.45, 7) is -0.185. The molecule has 0 aliphatic carbocycles. The van der Waals surface area contributed by atoms with E-state index in [1.54, 1.807) is 24.3 Å². The van der Waals surface area contributed by atoms with Crippen LogP contribution in [-0.4, -0.2) is 38.0 Å².